The molecule has 2 aromatic carbocycles. The average Bonchev–Trinajstić information content (AvgIpc) is 2.46. The van der Waals surface area contributed by atoms with Crippen LogP contribution in [0.15, 0.2) is 42.5 Å². The number of carbonyl (C=O) groups excluding carboxylic acids is 1. The van der Waals surface area contributed by atoms with E-state index in [1.807, 2.05) is 0 Å². The van der Waals surface area contributed by atoms with Crippen molar-refractivity contribution >= 4 is 23.3 Å². The van der Waals surface area contributed by atoms with Crippen LogP contribution in [0, 0.1) is 5.82 Å². The molecule has 0 aliphatic carbocycles. The van der Waals surface area contributed by atoms with E-state index in [2.05, 4.69) is 5.32 Å². The molecule has 0 saturated carbocycles. The van der Waals surface area contributed by atoms with Crippen molar-refractivity contribution in [1.29, 1.82) is 0 Å². The molecule has 2 aromatic rings. The van der Waals surface area contributed by atoms with Gasteiger partial charge in [-0.1, -0.05) is 29.8 Å². The van der Waals surface area contributed by atoms with E-state index in [0.717, 1.165) is 0 Å². The highest BCUT2D eigenvalue weighted by Crippen LogP contribution is 2.21. The number of hydrogen-bond acceptors (Lipinski definition) is 3. The van der Waals surface area contributed by atoms with E-state index < -0.39 is 11.8 Å². The van der Waals surface area contributed by atoms with Gasteiger partial charge in [0.15, 0.2) is 0 Å². The van der Waals surface area contributed by atoms with Crippen LogP contribution in [0.2, 0.25) is 5.02 Å². The molecule has 0 bridgehead atoms. The Morgan fingerprint density at radius 1 is 1.25 bits per heavy atom. The molecular weight excluding hydrogens is 281 g/mol. The second-order valence-corrected chi connectivity index (χ2v) is 4.48. The van der Waals surface area contributed by atoms with Crippen LogP contribution in [0.5, 0.6) is 0 Å². The number of carbonyl (C=O) groups is 1. The molecule has 104 valence electrons. The molecule has 0 atom stereocenters. The minimum absolute atomic E-state index is 0.171. The molecule has 0 spiro atoms. The highest BCUT2D eigenvalue weighted by atomic mass is 35.5. The van der Waals surface area contributed by atoms with Crippen LogP contribution in [-0.4, -0.2) is 13.0 Å². The minimum Gasteiger partial charge on any atom is -0.457 e. The first kappa shape index (κ1) is 14.3. The molecule has 0 aromatic heterocycles. The zero-order valence-electron chi connectivity index (χ0n) is 10.8. The number of hydrogen-bond donors (Lipinski definition) is 1. The Hall–Kier alpha value is -2.07. The third-order valence-electron chi connectivity index (χ3n) is 2.83. The first-order valence-electron chi connectivity index (χ1n) is 6.00. The monoisotopic (exact) mass is 293 g/mol. The maximum Gasteiger partial charge on any atom is 0.340 e. The van der Waals surface area contributed by atoms with Crippen molar-refractivity contribution in [3.63, 3.8) is 0 Å². The standard InChI is InChI=1S/C15H13ClFNO2/c1-18-14-8-3-2-5-10(14)15(19)20-9-11-12(16)6-4-7-13(11)17/h2-8,18H,9H2,1H3. The van der Waals surface area contributed by atoms with Crippen molar-refractivity contribution in [2.75, 3.05) is 12.4 Å². The number of nitrogens with one attached hydrogen (secondary N) is 1. The fraction of sp³-hybridized carbons (Fsp3) is 0.133. The predicted octanol–water partition coefficient (Wildman–Crippen LogP) is 3.88. The van der Waals surface area contributed by atoms with E-state index in [1.54, 1.807) is 37.4 Å². The SMILES string of the molecule is CNc1ccccc1C(=O)OCc1c(F)cccc1Cl. The Morgan fingerprint density at radius 3 is 2.70 bits per heavy atom. The summed E-state index contributed by atoms with van der Waals surface area (Å²) in [5.74, 6) is -1.03. The summed E-state index contributed by atoms with van der Waals surface area (Å²) in [6.07, 6.45) is 0. The van der Waals surface area contributed by atoms with Gasteiger partial charge in [-0.05, 0) is 24.3 Å². The Kier molecular flexibility index (Phi) is 4.58. The third kappa shape index (κ3) is 3.08. The van der Waals surface area contributed by atoms with Crippen molar-refractivity contribution in [2.24, 2.45) is 0 Å². The number of para-hydroxylation sites is 1. The van der Waals surface area contributed by atoms with Crippen LogP contribution in [-0.2, 0) is 11.3 Å². The van der Waals surface area contributed by atoms with Gasteiger partial charge in [-0.3, -0.25) is 0 Å². The maximum atomic E-state index is 13.6. The highest BCUT2D eigenvalue weighted by molar-refractivity contribution is 6.31. The lowest BCUT2D eigenvalue weighted by Gasteiger charge is -2.10. The lowest BCUT2D eigenvalue weighted by Crippen LogP contribution is -2.09. The molecule has 20 heavy (non-hydrogen) atoms. The highest BCUT2D eigenvalue weighted by Gasteiger charge is 2.14. The molecule has 0 saturated heterocycles. The lowest BCUT2D eigenvalue weighted by atomic mass is 10.2. The van der Waals surface area contributed by atoms with Gasteiger partial charge in [0.25, 0.3) is 0 Å². The van der Waals surface area contributed by atoms with Crippen molar-refractivity contribution in [3.05, 3.63) is 64.4 Å². The van der Waals surface area contributed by atoms with Gasteiger partial charge in [0.05, 0.1) is 10.6 Å². The molecule has 0 aliphatic heterocycles. The van der Waals surface area contributed by atoms with Crippen LogP contribution < -0.4 is 5.32 Å². The molecule has 0 fully saturated rings. The Morgan fingerprint density at radius 2 is 2.00 bits per heavy atom. The summed E-state index contributed by atoms with van der Waals surface area (Å²) in [6.45, 7) is -0.206. The molecule has 3 nitrogen and oxygen atoms in total. The van der Waals surface area contributed by atoms with E-state index >= 15 is 0 Å². The molecule has 0 unspecified atom stereocenters. The van der Waals surface area contributed by atoms with Crippen molar-refractivity contribution < 1.29 is 13.9 Å². The summed E-state index contributed by atoms with van der Waals surface area (Å²) >= 11 is 5.87. The topological polar surface area (TPSA) is 38.3 Å². The van der Waals surface area contributed by atoms with Crippen LogP contribution >= 0.6 is 11.6 Å². The minimum atomic E-state index is -0.533. The van der Waals surface area contributed by atoms with Crippen LogP contribution in [0.1, 0.15) is 15.9 Å². The molecule has 1 N–H and O–H groups in total. The van der Waals surface area contributed by atoms with E-state index in [0.29, 0.717) is 11.3 Å². The van der Waals surface area contributed by atoms with Gasteiger partial charge in [-0.15, -0.1) is 0 Å². The number of esters is 1. The Labute approximate surface area is 121 Å². The summed E-state index contributed by atoms with van der Waals surface area (Å²) in [5, 5.41) is 3.13. The summed E-state index contributed by atoms with van der Waals surface area (Å²) in [5.41, 5.74) is 1.21. The van der Waals surface area contributed by atoms with Gasteiger partial charge in [-0.25, -0.2) is 9.18 Å². The summed E-state index contributed by atoms with van der Waals surface area (Å²) < 4.78 is 18.7. The summed E-state index contributed by atoms with van der Waals surface area (Å²) in [6, 6.07) is 11.2. The zero-order chi connectivity index (χ0) is 14.5. The van der Waals surface area contributed by atoms with E-state index in [-0.39, 0.29) is 17.2 Å². The van der Waals surface area contributed by atoms with Gasteiger partial charge in [0, 0.05) is 18.3 Å². The van der Waals surface area contributed by atoms with Crippen LogP contribution in [0.25, 0.3) is 0 Å². The van der Waals surface area contributed by atoms with Crippen molar-refractivity contribution in [2.45, 2.75) is 6.61 Å². The quantitative estimate of drug-likeness (QED) is 0.870. The van der Waals surface area contributed by atoms with Crippen molar-refractivity contribution in [3.8, 4) is 0 Å². The molecule has 5 heteroatoms. The van der Waals surface area contributed by atoms with Gasteiger partial charge >= 0.3 is 5.97 Å². The van der Waals surface area contributed by atoms with E-state index in [1.165, 1.54) is 12.1 Å². The fourth-order valence-electron chi connectivity index (χ4n) is 1.76. The molecule has 0 radical (unpaired) electrons. The molecule has 0 amide bonds. The predicted molar refractivity (Wildman–Crippen MR) is 76.5 cm³/mol. The molecule has 0 aliphatic rings. The largest absolute Gasteiger partial charge is 0.457 e. The Bertz CT molecular complexity index is 611. The summed E-state index contributed by atoms with van der Waals surface area (Å²) in [7, 11) is 1.71. The van der Waals surface area contributed by atoms with Gasteiger partial charge < -0.3 is 10.1 Å². The number of rotatable bonds is 4. The smallest absolute Gasteiger partial charge is 0.340 e. The Balaban J connectivity index is 2.13. The maximum absolute atomic E-state index is 13.6. The van der Waals surface area contributed by atoms with Gasteiger partial charge in [0.1, 0.15) is 12.4 Å². The van der Waals surface area contributed by atoms with Gasteiger partial charge in [-0.2, -0.15) is 0 Å². The number of ether oxygens (including phenoxy) is 1. The van der Waals surface area contributed by atoms with Crippen molar-refractivity contribution in [1.82, 2.24) is 0 Å². The van der Waals surface area contributed by atoms with E-state index in [4.69, 9.17) is 16.3 Å². The average molecular weight is 294 g/mol. The number of halogens is 2. The molecule has 2 rings (SSSR count). The van der Waals surface area contributed by atoms with Gasteiger partial charge in [0.2, 0.25) is 0 Å². The normalized spacial score (nSPS) is 10.2. The number of anilines is 1. The fourth-order valence-corrected chi connectivity index (χ4v) is 1.98. The second-order valence-electron chi connectivity index (χ2n) is 4.07. The summed E-state index contributed by atoms with van der Waals surface area (Å²) in [4.78, 5) is 12.0. The first-order chi connectivity index (χ1) is 9.63. The molecular formula is C15H13ClFNO2. The van der Waals surface area contributed by atoms with E-state index in [9.17, 15) is 9.18 Å². The first-order valence-corrected chi connectivity index (χ1v) is 6.38. The second kappa shape index (κ2) is 6.39. The zero-order valence-corrected chi connectivity index (χ0v) is 11.6. The van der Waals surface area contributed by atoms with Crippen LogP contribution in [0.3, 0.4) is 0 Å². The number of benzene rings is 2. The molecule has 0 heterocycles. The third-order valence-corrected chi connectivity index (χ3v) is 3.18. The van der Waals surface area contributed by atoms with Crippen LogP contribution in [0.4, 0.5) is 10.1 Å². The lowest BCUT2D eigenvalue weighted by molar-refractivity contribution is 0.0470.